The van der Waals surface area contributed by atoms with Gasteiger partial charge in [-0.1, -0.05) is 0 Å². The maximum atomic E-state index is 5.37. The summed E-state index contributed by atoms with van der Waals surface area (Å²) in [6.07, 6.45) is 0. The normalized spacial score (nSPS) is 27.0. The Morgan fingerprint density at radius 1 is 0.786 bits per heavy atom. The van der Waals surface area contributed by atoms with Gasteiger partial charge in [-0.25, -0.2) is 0 Å². The lowest BCUT2D eigenvalue weighted by molar-refractivity contribution is 0.0495. The zero-order valence-electron chi connectivity index (χ0n) is 8.95. The number of ether oxygens (including phenoxy) is 2. The monoisotopic (exact) mass is 216 g/mol. The minimum atomic E-state index is -0.858. The molecule has 0 unspecified atom stereocenters. The highest BCUT2D eigenvalue weighted by molar-refractivity contribution is 6.51. The minimum absolute atomic E-state index is 0.858. The second-order valence-corrected chi connectivity index (χ2v) is 6.65. The van der Waals surface area contributed by atoms with Crippen LogP contribution in [0.4, 0.5) is 0 Å². The van der Waals surface area contributed by atoms with Crippen molar-refractivity contribution in [3.8, 4) is 0 Å². The number of morpholine rings is 2. The van der Waals surface area contributed by atoms with E-state index in [-0.39, 0.29) is 0 Å². The maximum Gasteiger partial charge on any atom is 0.187 e. The van der Waals surface area contributed by atoms with Crippen molar-refractivity contribution < 1.29 is 9.47 Å². The lowest BCUT2D eigenvalue weighted by Gasteiger charge is -2.39. The van der Waals surface area contributed by atoms with Crippen LogP contribution >= 0.6 is 0 Å². The summed E-state index contributed by atoms with van der Waals surface area (Å²) in [7, 11) is -0.858. The third kappa shape index (κ3) is 2.55. The second kappa shape index (κ2) is 5.23. The quantitative estimate of drug-likeness (QED) is 0.581. The summed E-state index contributed by atoms with van der Waals surface area (Å²) in [5, 5.41) is 0. The molecule has 0 atom stereocenters. The topological polar surface area (TPSA) is 24.9 Å². The van der Waals surface area contributed by atoms with E-state index in [1.54, 1.807) is 0 Å². The van der Waals surface area contributed by atoms with Crippen molar-refractivity contribution in [3.05, 3.63) is 0 Å². The molecule has 2 rings (SSSR count). The van der Waals surface area contributed by atoms with Crippen molar-refractivity contribution in [1.29, 1.82) is 0 Å². The first-order valence-corrected chi connectivity index (χ1v) is 7.70. The van der Waals surface area contributed by atoms with Crippen molar-refractivity contribution >= 4 is 9.12 Å². The highest BCUT2D eigenvalue weighted by Crippen LogP contribution is 2.07. The standard InChI is InChI=1S/C9H20N2O2Si/c1-14(10-2-6-12-7-3-10)11-4-8-13-9-5-11/h14H,2-9H2,1H3. The molecule has 0 aromatic rings. The Morgan fingerprint density at radius 2 is 1.14 bits per heavy atom. The Morgan fingerprint density at radius 3 is 1.50 bits per heavy atom. The van der Waals surface area contributed by atoms with E-state index in [4.69, 9.17) is 9.47 Å². The first-order chi connectivity index (χ1) is 6.88. The van der Waals surface area contributed by atoms with E-state index in [0.29, 0.717) is 0 Å². The molecular formula is C9H20N2O2Si. The number of nitrogens with zero attached hydrogens (tertiary/aromatic N) is 2. The van der Waals surface area contributed by atoms with Gasteiger partial charge in [0.2, 0.25) is 0 Å². The van der Waals surface area contributed by atoms with E-state index in [2.05, 4.69) is 15.7 Å². The van der Waals surface area contributed by atoms with Gasteiger partial charge in [0.25, 0.3) is 0 Å². The number of rotatable bonds is 2. The lowest BCUT2D eigenvalue weighted by Crippen LogP contribution is -2.57. The maximum absolute atomic E-state index is 5.37. The van der Waals surface area contributed by atoms with E-state index in [1.165, 1.54) is 0 Å². The fourth-order valence-corrected chi connectivity index (χ4v) is 4.51. The SMILES string of the molecule is C[SiH](N1CCOCC1)N1CCOCC1. The fourth-order valence-electron chi connectivity index (χ4n) is 2.13. The van der Waals surface area contributed by atoms with Gasteiger partial charge in [0, 0.05) is 26.2 Å². The average Bonchev–Trinajstić information content (AvgIpc) is 2.30. The molecule has 14 heavy (non-hydrogen) atoms. The average molecular weight is 216 g/mol. The minimum Gasteiger partial charge on any atom is -0.379 e. The van der Waals surface area contributed by atoms with Crippen LogP contribution in [0.5, 0.6) is 0 Å². The van der Waals surface area contributed by atoms with Crippen LogP contribution in [0, 0.1) is 0 Å². The summed E-state index contributed by atoms with van der Waals surface area (Å²) in [6.45, 7) is 10.6. The molecule has 4 nitrogen and oxygen atoms in total. The van der Waals surface area contributed by atoms with Gasteiger partial charge < -0.3 is 18.6 Å². The van der Waals surface area contributed by atoms with E-state index in [0.717, 1.165) is 52.6 Å². The van der Waals surface area contributed by atoms with E-state index in [1.807, 2.05) is 0 Å². The third-order valence-electron chi connectivity index (χ3n) is 3.15. The van der Waals surface area contributed by atoms with Crippen LogP contribution in [0.1, 0.15) is 0 Å². The molecule has 0 bridgehead atoms. The molecular weight excluding hydrogens is 196 g/mol. The first-order valence-electron chi connectivity index (χ1n) is 5.51. The molecule has 0 aromatic carbocycles. The van der Waals surface area contributed by atoms with Crippen molar-refractivity contribution in [2.24, 2.45) is 0 Å². The van der Waals surface area contributed by atoms with Gasteiger partial charge in [-0.2, -0.15) is 0 Å². The molecule has 0 aliphatic carbocycles. The van der Waals surface area contributed by atoms with Gasteiger partial charge in [0.1, 0.15) is 0 Å². The summed E-state index contributed by atoms with van der Waals surface area (Å²) in [5.41, 5.74) is 0. The Bertz CT molecular complexity index is 152. The molecule has 0 radical (unpaired) electrons. The Hall–Kier alpha value is 0.0569. The van der Waals surface area contributed by atoms with Crippen LogP contribution in [0.25, 0.3) is 0 Å². The first kappa shape index (κ1) is 10.6. The Balaban J connectivity index is 1.82. The van der Waals surface area contributed by atoms with Gasteiger partial charge in [-0.05, 0) is 6.55 Å². The van der Waals surface area contributed by atoms with Crippen LogP contribution in [-0.4, -0.2) is 70.9 Å². The van der Waals surface area contributed by atoms with Gasteiger partial charge >= 0.3 is 0 Å². The zero-order chi connectivity index (χ0) is 9.80. The fraction of sp³-hybridized carbons (Fsp3) is 1.00. The lowest BCUT2D eigenvalue weighted by atomic mass is 10.5. The molecule has 0 amide bonds. The molecule has 0 N–H and O–H groups in total. The summed E-state index contributed by atoms with van der Waals surface area (Å²) >= 11 is 0. The Kier molecular flexibility index (Phi) is 3.95. The summed E-state index contributed by atoms with van der Waals surface area (Å²) in [6, 6.07) is 0. The van der Waals surface area contributed by atoms with Crippen molar-refractivity contribution in [1.82, 2.24) is 9.13 Å². The largest absolute Gasteiger partial charge is 0.379 e. The van der Waals surface area contributed by atoms with Crippen molar-refractivity contribution in [2.45, 2.75) is 6.55 Å². The van der Waals surface area contributed by atoms with Gasteiger partial charge in [0.15, 0.2) is 9.12 Å². The number of hydrogen-bond acceptors (Lipinski definition) is 4. The van der Waals surface area contributed by atoms with Crippen molar-refractivity contribution in [2.75, 3.05) is 52.6 Å². The van der Waals surface area contributed by atoms with Crippen LogP contribution in [0.2, 0.25) is 6.55 Å². The molecule has 0 spiro atoms. The molecule has 2 heterocycles. The molecule has 0 saturated carbocycles. The number of hydrogen-bond donors (Lipinski definition) is 0. The van der Waals surface area contributed by atoms with Gasteiger partial charge in [0.05, 0.1) is 26.4 Å². The molecule has 82 valence electrons. The predicted octanol–water partition coefficient (Wildman–Crippen LogP) is -0.499. The van der Waals surface area contributed by atoms with Crippen LogP contribution < -0.4 is 0 Å². The molecule has 2 aliphatic heterocycles. The van der Waals surface area contributed by atoms with E-state index >= 15 is 0 Å². The summed E-state index contributed by atoms with van der Waals surface area (Å²) in [4.78, 5) is 0. The van der Waals surface area contributed by atoms with Gasteiger partial charge in [-0.3, -0.25) is 0 Å². The Labute approximate surface area is 87.5 Å². The highest BCUT2D eigenvalue weighted by Gasteiger charge is 2.25. The molecule has 2 aliphatic rings. The van der Waals surface area contributed by atoms with E-state index in [9.17, 15) is 0 Å². The molecule has 2 saturated heterocycles. The second-order valence-electron chi connectivity index (χ2n) is 3.93. The third-order valence-corrected chi connectivity index (χ3v) is 6.29. The van der Waals surface area contributed by atoms with Gasteiger partial charge in [-0.15, -0.1) is 0 Å². The van der Waals surface area contributed by atoms with Crippen LogP contribution in [-0.2, 0) is 9.47 Å². The molecule has 0 aromatic heterocycles. The predicted molar refractivity (Wildman–Crippen MR) is 57.8 cm³/mol. The summed E-state index contributed by atoms with van der Waals surface area (Å²) in [5.74, 6) is 0. The summed E-state index contributed by atoms with van der Waals surface area (Å²) < 4.78 is 16.0. The molecule has 5 heteroatoms. The zero-order valence-corrected chi connectivity index (χ0v) is 10.1. The molecule has 2 fully saturated rings. The smallest absolute Gasteiger partial charge is 0.187 e. The van der Waals surface area contributed by atoms with E-state index < -0.39 is 9.12 Å². The highest BCUT2D eigenvalue weighted by atomic mass is 28.3. The van der Waals surface area contributed by atoms with Crippen LogP contribution in [0.3, 0.4) is 0 Å². The van der Waals surface area contributed by atoms with Crippen LogP contribution in [0.15, 0.2) is 0 Å². The van der Waals surface area contributed by atoms with Crippen molar-refractivity contribution in [3.63, 3.8) is 0 Å².